The molecule has 0 saturated heterocycles. The van der Waals surface area contributed by atoms with Crippen molar-refractivity contribution in [1.29, 1.82) is 0 Å². The molecule has 2 unspecified atom stereocenters. The fourth-order valence-corrected chi connectivity index (χ4v) is 3.27. The SMILES string of the molecule is NC1C[C@H]2CCC[C@@H](C1)C2(O)C(F)(F)F. The molecule has 2 nitrogen and oxygen atoms in total. The van der Waals surface area contributed by atoms with Crippen LogP contribution in [0.25, 0.3) is 0 Å². The lowest BCUT2D eigenvalue weighted by Crippen LogP contribution is -2.63. The smallest absolute Gasteiger partial charge is 0.380 e. The minimum Gasteiger partial charge on any atom is -0.380 e. The first-order valence-corrected chi connectivity index (χ1v) is 5.40. The van der Waals surface area contributed by atoms with Crippen LogP contribution in [0.15, 0.2) is 0 Å². The normalized spacial score (nSPS) is 46.6. The third-order valence-corrected chi connectivity index (χ3v) is 3.98. The van der Waals surface area contributed by atoms with Crippen molar-refractivity contribution in [2.24, 2.45) is 17.6 Å². The summed E-state index contributed by atoms with van der Waals surface area (Å²) in [7, 11) is 0. The lowest BCUT2D eigenvalue weighted by Gasteiger charge is -2.51. The van der Waals surface area contributed by atoms with Gasteiger partial charge >= 0.3 is 6.18 Å². The van der Waals surface area contributed by atoms with Crippen LogP contribution in [0.4, 0.5) is 13.2 Å². The van der Waals surface area contributed by atoms with Crippen molar-refractivity contribution >= 4 is 0 Å². The molecule has 2 fully saturated rings. The molecule has 0 amide bonds. The van der Waals surface area contributed by atoms with Gasteiger partial charge < -0.3 is 10.8 Å². The minimum atomic E-state index is -4.51. The maximum absolute atomic E-state index is 12.9. The molecule has 2 aliphatic rings. The first kappa shape index (κ1) is 11.2. The zero-order chi connectivity index (χ0) is 11.3. The summed E-state index contributed by atoms with van der Waals surface area (Å²) in [5.41, 5.74) is 3.24. The van der Waals surface area contributed by atoms with Crippen LogP contribution in [0.1, 0.15) is 32.1 Å². The molecule has 2 bridgehead atoms. The molecule has 0 spiro atoms. The second-order valence-corrected chi connectivity index (χ2v) is 4.88. The Morgan fingerprint density at radius 3 is 2.00 bits per heavy atom. The van der Waals surface area contributed by atoms with E-state index in [4.69, 9.17) is 5.73 Å². The molecule has 88 valence electrons. The van der Waals surface area contributed by atoms with E-state index in [1.54, 1.807) is 0 Å². The molecule has 0 radical (unpaired) electrons. The minimum absolute atomic E-state index is 0.178. The molecule has 2 rings (SSSR count). The van der Waals surface area contributed by atoms with Crippen molar-refractivity contribution in [3.8, 4) is 0 Å². The van der Waals surface area contributed by atoms with Crippen LogP contribution in [0.3, 0.4) is 0 Å². The van der Waals surface area contributed by atoms with Gasteiger partial charge in [0, 0.05) is 6.04 Å². The summed E-state index contributed by atoms with van der Waals surface area (Å²) in [6, 6.07) is -0.178. The lowest BCUT2D eigenvalue weighted by molar-refractivity contribution is -0.316. The molecule has 3 N–H and O–H groups in total. The van der Waals surface area contributed by atoms with E-state index in [2.05, 4.69) is 0 Å². The van der Waals surface area contributed by atoms with Gasteiger partial charge in [-0.05, 0) is 37.5 Å². The average molecular weight is 223 g/mol. The Balaban J connectivity index is 2.31. The van der Waals surface area contributed by atoms with Crippen LogP contribution >= 0.6 is 0 Å². The van der Waals surface area contributed by atoms with Gasteiger partial charge in [0.1, 0.15) is 0 Å². The number of fused-ring (bicyclic) bond motifs is 2. The maximum Gasteiger partial charge on any atom is 0.417 e. The van der Waals surface area contributed by atoms with Crippen molar-refractivity contribution in [2.45, 2.75) is 49.9 Å². The average Bonchev–Trinajstić information content (AvgIpc) is 2.05. The Labute approximate surface area is 86.6 Å². The Bertz CT molecular complexity index is 240. The number of nitrogens with two attached hydrogens (primary N) is 1. The van der Waals surface area contributed by atoms with E-state index >= 15 is 0 Å². The van der Waals surface area contributed by atoms with Crippen molar-refractivity contribution in [3.63, 3.8) is 0 Å². The maximum atomic E-state index is 12.9. The molecular weight excluding hydrogens is 207 g/mol. The summed E-state index contributed by atoms with van der Waals surface area (Å²) in [5.74, 6) is -1.39. The highest BCUT2D eigenvalue weighted by Crippen LogP contribution is 2.54. The van der Waals surface area contributed by atoms with Crippen molar-refractivity contribution < 1.29 is 18.3 Å². The van der Waals surface area contributed by atoms with Gasteiger partial charge in [0.2, 0.25) is 0 Å². The van der Waals surface area contributed by atoms with E-state index in [0.29, 0.717) is 25.7 Å². The molecular formula is C10H16F3NO. The summed E-state index contributed by atoms with van der Waals surface area (Å²) < 4.78 is 38.6. The van der Waals surface area contributed by atoms with Gasteiger partial charge in [-0.15, -0.1) is 0 Å². The number of alkyl halides is 3. The van der Waals surface area contributed by atoms with E-state index in [9.17, 15) is 18.3 Å². The van der Waals surface area contributed by atoms with Crippen LogP contribution in [0.5, 0.6) is 0 Å². The fraction of sp³-hybridized carbons (Fsp3) is 1.00. The largest absolute Gasteiger partial charge is 0.417 e. The lowest BCUT2D eigenvalue weighted by atomic mass is 9.60. The first-order chi connectivity index (χ1) is 6.85. The summed E-state index contributed by atoms with van der Waals surface area (Å²) in [4.78, 5) is 0. The summed E-state index contributed by atoms with van der Waals surface area (Å²) in [6.07, 6.45) is -2.25. The summed E-state index contributed by atoms with van der Waals surface area (Å²) >= 11 is 0. The zero-order valence-corrected chi connectivity index (χ0v) is 8.43. The standard InChI is InChI=1S/C10H16F3NO/c11-10(12,13)9(15)6-2-1-3-7(9)5-8(14)4-6/h6-8,15H,1-5,14H2/t6-,7+,8?,9?. The van der Waals surface area contributed by atoms with Gasteiger partial charge in [0.25, 0.3) is 0 Å². The highest BCUT2D eigenvalue weighted by atomic mass is 19.4. The highest BCUT2D eigenvalue weighted by molar-refractivity contribution is 5.06. The third-order valence-electron chi connectivity index (χ3n) is 3.98. The van der Waals surface area contributed by atoms with Crippen LogP contribution in [-0.4, -0.2) is 22.9 Å². The van der Waals surface area contributed by atoms with E-state index in [-0.39, 0.29) is 6.04 Å². The molecule has 0 heterocycles. The van der Waals surface area contributed by atoms with Crippen molar-refractivity contribution in [3.05, 3.63) is 0 Å². The molecule has 0 aromatic carbocycles. The van der Waals surface area contributed by atoms with Crippen LogP contribution in [0, 0.1) is 11.8 Å². The molecule has 5 heteroatoms. The second kappa shape index (κ2) is 3.35. The quantitative estimate of drug-likeness (QED) is 0.658. The number of hydrogen-bond donors (Lipinski definition) is 2. The Hall–Kier alpha value is -0.290. The molecule has 0 aromatic heterocycles. The van der Waals surface area contributed by atoms with Gasteiger partial charge in [-0.25, -0.2) is 0 Å². The first-order valence-electron chi connectivity index (χ1n) is 5.40. The molecule has 0 aromatic rings. The van der Waals surface area contributed by atoms with Crippen LogP contribution in [0.2, 0.25) is 0 Å². The summed E-state index contributed by atoms with van der Waals surface area (Å²) in [5, 5.41) is 9.92. The van der Waals surface area contributed by atoms with Crippen LogP contribution < -0.4 is 5.73 Å². The fourth-order valence-electron chi connectivity index (χ4n) is 3.27. The molecule has 4 atom stereocenters. The molecule has 2 saturated carbocycles. The summed E-state index contributed by atoms with van der Waals surface area (Å²) in [6.45, 7) is 0. The van der Waals surface area contributed by atoms with Gasteiger partial charge in [-0.1, -0.05) is 6.42 Å². The van der Waals surface area contributed by atoms with Gasteiger partial charge in [0.15, 0.2) is 5.60 Å². The monoisotopic (exact) mass is 223 g/mol. The number of aliphatic hydroxyl groups is 1. The highest BCUT2D eigenvalue weighted by Gasteiger charge is 2.65. The number of rotatable bonds is 0. The molecule has 15 heavy (non-hydrogen) atoms. The van der Waals surface area contributed by atoms with Gasteiger partial charge in [-0.3, -0.25) is 0 Å². The Kier molecular flexibility index (Phi) is 2.50. The van der Waals surface area contributed by atoms with Crippen molar-refractivity contribution in [2.75, 3.05) is 0 Å². The van der Waals surface area contributed by atoms with Crippen molar-refractivity contribution in [1.82, 2.24) is 0 Å². The van der Waals surface area contributed by atoms with Gasteiger partial charge in [0.05, 0.1) is 0 Å². The second-order valence-electron chi connectivity index (χ2n) is 4.88. The Morgan fingerprint density at radius 2 is 1.60 bits per heavy atom. The predicted molar refractivity (Wildman–Crippen MR) is 49.0 cm³/mol. The third kappa shape index (κ3) is 1.56. The van der Waals surface area contributed by atoms with E-state index in [1.807, 2.05) is 0 Å². The predicted octanol–water partition coefficient (Wildman–Crippen LogP) is 1.82. The van der Waals surface area contributed by atoms with E-state index in [1.165, 1.54) is 0 Å². The molecule has 0 aliphatic heterocycles. The zero-order valence-electron chi connectivity index (χ0n) is 8.43. The Morgan fingerprint density at radius 1 is 1.13 bits per heavy atom. The molecule has 2 aliphatic carbocycles. The van der Waals surface area contributed by atoms with Gasteiger partial charge in [-0.2, -0.15) is 13.2 Å². The topological polar surface area (TPSA) is 46.2 Å². The van der Waals surface area contributed by atoms with E-state index in [0.717, 1.165) is 6.42 Å². The number of halogens is 3. The van der Waals surface area contributed by atoms with Crippen LogP contribution in [-0.2, 0) is 0 Å². The number of hydrogen-bond acceptors (Lipinski definition) is 2. The van der Waals surface area contributed by atoms with E-state index < -0.39 is 23.6 Å².